The molecule has 1 saturated heterocycles. The zero-order valence-corrected chi connectivity index (χ0v) is 17.7. The lowest BCUT2D eigenvalue weighted by Crippen LogP contribution is -2.47. The van der Waals surface area contributed by atoms with Crippen LogP contribution in [0.3, 0.4) is 0 Å². The summed E-state index contributed by atoms with van der Waals surface area (Å²) in [5.74, 6) is 3.38. The maximum Gasteiger partial charge on any atom is 0.315 e. The fourth-order valence-electron chi connectivity index (χ4n) is 3.97. The van der Waals surface area contributed by atoms with Crippen molar-refractivity contribution in [3.63, 3.8) is 0 Å². The number of nitrogens with zero attached hydrogens (tertiary/aromatic N) is 2. The molecule has 0 radical (unpaired) electrons. The minimum Gasteiger partial charge on any atom is -0.468 e. The standard InChI is InChI=1S/C20H32N4O3S/c1-23(2)17(18-4-3-11-27-18)14-21-20(26)22-16-7-5-15(6-8-16)19(25)24-9-12-28-13-10-24/h3-4,11,15-17H,5-10,12-14H2,1-2H3,(H2,21,22,26). The SMILES string of the molecule is CN(C)C(CNC(=O)NC1CCC(C(=O)N2CCSCC2)CC1)c1ccco1. The fourth-order valence-corrected chi connectivity index (χ4v) is 4.87. The van der Waals surface area contributed by atoms with Crippen molar-refractivity contribution in [1.82, 2.24) is 20.4 Å². The molecule has 2 heterocycles. The van der Waals surface area contributed by atoms with Gasteiger partial charge < -0.3 is 20.0 Å². The molecule has 2 N–H and O–H groups in total. The summed E-state index contributed by atoms with van der Waals surface area (Å²) in [4.78, 5) is 29.0. The average molecular weight is 409 g/mol. The Hall–Kier alpha value is -1.67. The second kappa shape index (κ2) is 10.2. The maximum absolute atomic E-state index is 12.6. The minimum atomic E-state index is -0.152. The molecule has 1 aromatic heterocycles. The summed E-state index contributed by atoms with van der Waals surface area (Å²) in [6.45, 7) is 2.24. The van der Waals surface area contributed by atoms with Crippen LogP contribution in [-0.2, 0) is 4.79 Å². The van der Waals surface area contributed by atoms with E-state index in [-0.39, 0.29) is 24.0 Å². The number of furan rings is 1. The van der Waals surface area contributed by atoms with Crippen molar-refractivity contribution in [2.45, 2.75) is 37.8 Å². The van der Waals surface area contributed by atoms with Crippen LogP contribution in [0.25, 0.3) is 0 Å². The van der Waals surface area contributed by atoms with E-state index in [1.807, 2.05) is 47.8 Å². The summed E-state index contributed by atoms with van der Waals surface area (Å²) in [6, 6.07) is 3.76. The zero-order chi connectivity index (χ0) is 19.9. The molecular weight excluding hydrogens is 376 g/mol. The van der Waals surface area contributed by atoms with Gasteiger partial charge >= 0.3 is 6.03 Å². The number of carbonyl (C=O) groups is 2. The van der Waals surface area contributed by atoms with Crippen LogP contribution < -0.4 is 10.6 Å². The van der Waals surface area contributed by atoms with Crippen LogP contribution in [-0.4, -0.2) is 73.0 Å². The monoisotopic (exact) mass is 408 g/mol. The molecule has 1 aliphatic heterocycles. The number of thioether (sulfide) groups is 1. The molecule has 2 fully saturated rings. The highest BCUT2D eigenvalue weighted by Crippen LogP contribution is 2.27. The largest absolute Gasteiger partial charge is 0.468 e. The van der Waals surface area contributed by atoms with Gasteiger partial charge in [0.05, 0.1) is 12.3 Å². The Balaban J connectivity index is 1.39. The number of amides is 3. The molecular formula is C20H32N4O3S. The van der Waals surface area contributed by atoms with Crippen molar-refractivity contribution in [3.05, 3.63) is 24.2 Å². The van der Waals surface area contributed by atoms with Gasteiger partial charge in [0.15, 0.2) is 0 Å². The molecule has 156 valence electrons. The second-order valence-corrected chi connectivity index (χ2v) is 9.06. The Morgan fingerprint density at radius 2 is 1.96 bits per heavy atom. The normalized spacial score (nSPS) is 24.0. The minimum absolute atomic E-state index is 0.00295. The highest BCUT2D eigenvalue weighted by atomic mass is 32.2. The molecule has 1 aliphatic carbocycles. The molecule has 0 aromatic carbocycles. The molecule has 3 amide bonds. The van der Waals surface area contributed by atoms with Crippen LogP contribution in [0.1, 0.15) is 37.5 Å². The quantitative estimate of drug-likeness (QED) is 0.755. The molecule has 1 aromatic rings. The number of rotatable bonds is 6. The summed E-state index contributed by atoms with van der Waals surface area (Å²) < 4.78 is 5.47. The molecule has 0 bridgehead atoms. The van der Waals surface area contributed by atoms with Gasteiger partial charge in [-0.15, -0.1) is 0 Å². The summed E-state index contributed by atoms with van der Waals surface area (Å²) in [7, 11) is 3.93. The number of hydrogen-bond donors (Lipinski definition) is 2. The molecule has 7 nitrogen and oxygen atoms in total. The van der Waals surface area contributed by atoms with Crippen molar-refractivity contribution in [2.75, 3.05) is 45.2 Å². The third kappa shape index (κ3) is 5.67. The van der Waals surface area contributed by atoms with E-state index in [9.17, 15) is 9.59 Å². The van der Waals surface area contributed by atoms with Crippen LogP contribution in [0.5, 0.6) is 0 Å². The Morgan fingerprint density at radius 1 is 1.25 bits per heavy atom. The highest BCUT2D eigenvalue weighted by Gasteiger charge is 2.30. The van der Waals surface area contributed by atoms with Crippen molar-refractivity contribution < 1.29 is 14.0 Å². The predicted molar refractivity (Wildman–Crippen MR) is 111 cm³/mol. The topological polar surface area (TPSA) is 77.8 Å². The highest BCUT2D eigenvalue weighted by molar-refractivity contribution is 7.99. The zero-order valence-electron chi connectivity index (χ0n) is 16.9. The summed E-state index contributed by atoms with van der Waals surface area (Å²) in [6.07, 6.45) is 5.10. The number of nitrogens with one attached hydrogen (secondary N) is 2. The first-order valence-corrected chi connectivity index (χ1v) is 11.3. The van der Waals surface area contributed by atoms with Gasteiger partial charge in [-0.1, -0.05) is 0 Å². The number of carbonyl (C=O) groups excluding carboxylic acids is 2. The van der Waals surface area contributed by atoms with Crippen LogP contribution in [0.15, 0.2) is 22.8 Å². The third-order valence-corrected chi connectivity index (χ3v) is 6.63. The smallest absolute Gasteiger partial charge is 0.315 e. The maximum atomic E-state index is 12.6. The summed E-state index contributed by atoms with van der Waals surface area (Å²) >= 11 is 1.92. The first kappa shape index (κ1) is 21.0. The number of hydrogen-bond acceptors (Lipinski definition) is 5. The molecule has 1 atom stereocenters. The van der Waals surface area contributed by atoms with Crippen molar-refractivity contribution >= 4 is 23.7 Å². The molecule has 1 unspecified atom stereocenters. The van der Waals surface area contributed by atoms with Gasteiger partial charge in [-0.05, 0) is 51.9 Å². The van der Waals surface area contributed by atoms with E-state index < -0.39 is 0 Å². The van der Waals surface area contributed by atoms with E-state index >= 15 is 0 Å². The van der Waals surface area contributed by atoms with E-state index in [0.29, 0.717) is 12.5 Å². The second-order valence-electron chi connectivity index (χ2n) is 7.84. The fraction of sp³-hybridized carbons (Fsp3) is 0.700. The van der Waals surface area contributed by atoms with Crippen LogP contribution in [0.2, 0.25) is 0 Å². The van der Waals surface area contributed by atoms with Gasteiger partial charge in [-0.2, -0.15) is 11.8 Å². The van der Waals surface area contributed by atoms with Crippen LogP contribution in [0, 0.1) is 5.92 Å². The van der Waals surface area contributed by atoms with E-state index in [1.54, 1.807) is 6.26 Å². The van der Waals surface area contributed by atoms with Gasteiger partial charge in [0.1, 0.15) is 5.76 Å². The van der Waals surface area contributed by atoms with Crippen molar-refractivity contribution in [2.24, 2.45) is 5.92 Å². The van der Waals surface area contributed by atoms with Crippen molar-refractivity contribution in [1.29, 1.82) is 0 Å². The van der Waals surface area contributed by atoms with E-state index in [4.69, 9.17) is 4.42 Å². The Bertz CT molecular complexity index is 623. The summed E-state index contributed by atoms with van der Waals surface area (Å²) in [5, 5.41) is 6.03. The lowest BCUT2D eigenvalue weighted by Gasteiger charge is -2.34. The van der Waals surface area contributed by atoms with E-state index in [0.717, 1.165) is 56.0 Å². The number of urea groups is 1. The molecule has 2 aliphatic rings. The molecule has 28 heavy (non-hydrogen) atoms. The lowest BCUT2D eigenvalue weighted by atomic mass is 9.85. The predicted octanol–water partition coefficient (Wildman–Crippen LogP) is 2.32. The van der Waals surface area contributed by atoms with E-state index in [1.165, 1.54) is 0 Å². The first-order valence-electron chi connectivity index (χ1n) is 10.2. The van der Waals surface area contributed by atoms with Gasteiger partial charge in [-0.3, -0.25) is 9.69 Å². The third-order valence-electron chi connectivity index (χ3n) is 5.69. The van der Waals surface area contributed by atoms with Gasteiger partial charge in [-0.25, -0.2) is 4.79 Å². The van der Waals surface area contributed by atoms with Gasteiger partial charge in [0.2, 0.25) is 5.91 Å². The van der Waals surface area contributed by atoms with E-state index in [2.05, 4.69) is 10.6 Å². The number of likely N-dealkylation sites (N-methyl/N-ethyl adjacent to an activating group) is 1. The first-order chi connectivity index (χ1) is 13.5. The van der Waals surface area contributed by atoms with Gasteiger partial charge in [0.25, 0.3) is 0 Å². The Kier molecular flexibility index (Phi) is 7.67. The Labute approximate surface area is 171 Å². The molecule has 0 spiro atoms. The summed E-state index contributed by atoms with van der Waals surface area (Å²) in [5.41, 5.74) is 0. The Morgan fingerprint density at radius 3 is 2.57 bits per heavy atom. The van der Waals surface area contributed by atoms with Crippen LogP contribution >= 0.6 is 11.8 Å². The molecule has 1 saturated carbocycles. The van der Waals surface area contributed by atoms with Crippen LogP contribution in [0.4, 0.5) is 4.79 Å². The van der Waals surface area contributed by atoms with Gasteiger partial charge in [0, 0.05) is 43.1 Å². The molecule has 3 rings (SSSR count). The average Bonchev–Trinajstić information content (AvgIpc) is 3.23. The van der Waals surface area contributed by atoms with Crippen molar-refractivity contribution in [3.8, 4) is 0 Å². The lowest BCUT2D eigenvalue weighted by molar-refractivity contribution is -0.136. The molecule has 8 heteroatoms.